The Labute approximate surface area is 154 Å². The van der Waals surface area contributed by atoms with Gasteiger partial charge >= 0.3 is 6.18 Å². The maximum Gasteiger partial charge on any atom is 0.417 e. The van der Waals surface area contributed by atoms with Crippen LogP contribution in [-0.2, 0) is 6.18 Å². The van der Waals surface area contributed by atoms with Gasteiger partial charge in [0, 0.05) is 24.8 Å². The largest absolute Gasteiger partial charge is 0.508 e. The van der Waals surface area contributed by atoms with Gasteiger partial charge in [-0.25, -0.2) is 4.98 Å². The van der Waals surface area contributed by atoms with E-state index in [1.165, 1.54) is 18.2 Å². The van der Waals surface area contributed by atoms with Crippen molar-refractivity contribution in [3.8, 4) is 17.4 Å². The van der Waals surface area contributed by atoms with Gasteiger partial charge in [0.15, 0.2) is 5.75 Å². The molecule has 4 nitrogen and oxygen atoms in total. The third-order valence-electron chi connectivity index (χ3n) is 2.83. The molecule has 0 bridgehead atoms. The summed E-state index contributed by atoms with van der Waals surface area (Å²) in [5.74, 6) is 0.622. The van der Waals surface area contributed by atoms with E-state index in [0.29, 0.717) is 27.4 Å². The van der Waals surface area contributed by atoms with Crippen molar-refractivity contribution in [2.24, 2.45) is 0 Å². The topological polar surface area (TPSA) is 51.6 Å². The lowest BCUT2D eigenvalue weighted by atomic mass is 10.3. The van der Waals surface area contributed by atoms with Crippen molar-refractivity contribution >= 4 is 34.2 Å². The Morgan fingerprint density at radius 3 is 2.46 bits per heavy atom. The molecule has 0 amide bonds. The van der Waals surface area contributed by atoms with Gasteiger partial charge in [0.25, 0.3) is 0 Å². The fourth-order valence-corrected chi connectivity index (χ4v) is 2.92. The summed E-state index contributed by atoms with van der Waals surface area (Å²) in [7, 11) is 0. The summed E-state index contributed by atoms with van der Waals surface area (Å²) in [5.41, 5.74) is -0.824. The van der Waals surface area contributed by atoms with Crippen LogP contribution in [-0.4, -0.2) is 23.3 Å². The molecule has 24 heavy (non-hydrogen) atoms. The lowest BCUT2D eigenvalue weighted by Gasteiger charge is -2.11. The zero-order chi connectivity index (χ0) is 17.7. The fourth-order valence-electron chi connectivity index (χ4n) is 1.73. The number of rotatable bonds is 6. The number of halogens is 5. The maximum atomic E-state index is 12.4. The first-order valence-electron chi connectivity index (χ1n) is 6.74. The second-order valence-corrected chi connectivity index (χ2v) is 6.24. The highest BCUT2D eigenvalue weighted by Gasteiger charge is 2.30. The molecule has 0 aliphatic carbocycles. The number of aromatic nitrogens is 1. The average Bonchev–Trinajstić information content (AvgIpc) is 2.48. The van der Waals surface area contributed by atoms with Crippen LogP contribution in [0.5, 0.6) is 17.4 Å². The van der Waals surface area contributed by atoms with Crippen molar-refractivity contribution in [1.29, 1.82) is 0 Å². The molecule has 0 atom stereocenters. The Hall–Kier alpha value is -1.42. The summed E-state index contributed by atoms with van der Waals surface area (Å²) in [5, 5.41) is 9.68. The predicted molar refractivity (Wildman–Crippen MR) is 90.7 cm³/mol. The van der Waals surface area contributed by atoms with E-state index in [4.69, 9.17) is 21.1 Å². The standard InChI is InChI=1S/C15H12ClF3INO3/c16-11-6-10(22)7-12(20)14(11)24-5-1-4-23-13-3-2-9(8-21-13)15(17,18)19/h2-3,6-8,22H,1,4-5H2. The minimum absolute atomic E-state index is 0.0495. The molecule has 0 saturated heterocycles. The van der Waals surface area contributed by atoms with E-state index >= 15 is 0 Å². The summed E-state index contributed by atoms with van der Waals surface area (Å²) in [4.78, 5) is 3.61. The van der Waals surface area contributed by atoms with Crippen LogP contribution in [0.15, 0.2) is 30.5 Å². The van der Waals surface area contributed by atoms with E-state index in [9.17, 15) is 18.3 Å². The number of benzene rings is 1. The molecule has 130 valence electrons. The maximum absolute atomic E-state index is 12.4. The van der Waals surface area contributed by atoms with Gasteiger partial charge in [-0.05, 0) is 34.7 Å². The van der Waals surface area contributed by atoms with Crippen LogP contribution in [0.2, 0.25) is 5.02 Å². The van der Waals surface area contributed by atoms with Crippen LogP contribution >= 0.6 is 34.2 Å². The minimum atomic E-state index is -4.42. The van der Waals surface area contributed by atoms with Gasteiger partial charge < -0.3 is 14.6 Å². The van der Waals surface area contributed by atoms with E-state index < -0.39 is 11.7 Å². The van der Waals surface area contributed by atoms with Crippen molar-refractivity contribution in [2.75, 3.05) is 13.2 Å². The first kappa shape index (κ1) is 18.9. The first-order valence-corrected chi connectivity index (χ1v) is 8.20. The Morgan fingerprint density at radius 2 is 1.88 bits per heavy atom. The number of nitrogens with zero attached hydrogens (tertiary/aromatic N) is 1. The van der Waals surface area contributed by atoms with Gasteiger partial charge in [0.1, 0.15) is 5.75 Å². The third-order valence-corrected chi connectivity index (χ3v) is 3.91. The quantitative estimate of drug-likeness (QED) is 0.478. The normalized spacial score (nSPS) is 11.4. The average molecular weight is 474 g/mol. The summed E-state index contributed by atoms with van der Waals surface area (Å²) >= 11 is 7.96. The van der Waals surface area contributed by atoms with Crippen LogP contribution in [0.1, 0.15) is 12.0 Å². The molecule has 1 aromatic carbocycles. The second-order valence-electron chi connectivity index (χ2n) is 4.67. The molecule has 0 unspecified atom stereocenters. The molecular formula is C15H12ClF3INO3. The molecule has 1 heterocycles. The first-order chi connectivity index (χ1) is 11.3. The van der Waals surface area contributed by atoms with Gasteiger partial charge in [-0.2, -0.15) is 13.2 Å². The van der Waals surface area contributed by atoms with Crippen LogP contribution in [0.25, 0.3) is 0 Å². The summed E-state index contributed by atoms with van der Waals surface area (Å²) < 4.78 is 48.6. The summed E-state index contributed by atoms with van der Waals surface area (Å²) in [6.07, 6.45) is -3.21. The molecule has 1 aromatic heterocycles. The monoisotopic (exact) mass is 473 g/mol. The number of pyridine rings is 1. The number of ether oxygens (including phenoxy) is 2. The number of hydrogen-bond acceptors (Lipinski definition) is 4. The number of hydrogen-bond donors (Lipinski definition) is 1. The zero-order valence-electron chi connectivity index (χ0n) is 12.1. The van der Waals surface area contributed by atoms with Crippen molar-refractivity contribution in [2.45, 2.75) is 12.6 Å². The Balaban J connectivity index is 1.78. The Kier molecular flexibility index (Phi) is 6.39. The van der Waals surface area contributed by atoms with Crippen LogP contribution in [0.4, 0.5) is 13.2 Å². The van der Waals surface area contributed by atoms with E-state index in [0.717, 1.165) is 12.3 Å². The van der Waals surface area contributed by atoms with Gasteiger partial charge in [-0.1, -0.05) is 11.6 Å². The third kappa shape index (κ3) is 5.30. The second kappa shape index (κ2) is 8.11. The number of aromatic hydroxyl groups is 1. The molecule has 2 rings (SSSR count). The van der Waals surface area contributed by atoms with Gasteiger partial charge in [-0.15, -0.1) is 0 Å². The highest BCUT2D eigenvalue weighted by molar-refractivity contribution is 14.1. The van der Waals surface area contributed by atoms with Gasteiger partial charge in [0.05, 0.1) is 27.4 Å². The van der Waals surface area contributed by atoms with Crippen molar-refractivity contribution in [1.82, 2.24) is 4.98 Å². The van der Waals surface area contributed by atoms with Crippen LogP contribution < -0.4 is 9.47 Å². The number of alkyl halides is 3. The molecule has 0 aliphatic rings. The zero-order valence-corrected chi connectivity index (χ0v) is 15.0. The molecule has 0 saturated carbocycles. The van der Waals surface area contributed by atoms with Gasteiger partial charge in [0.2, 0.25) is 5.88 Å². The lowest BCUT2D eigenvalue weighted by molar-refractivity contribution is -0.137. The van der Waals surface area contributed by atoms with E-state index in [-0.39, 0.29) is 18.2 Å². The number of phenolic OH excluding ortho intramolecular Hbond substituents is 1. The van der Waals surface area contributed by atoms with Crippen LogP contribution in [0, 0.1) is 3.57 Å². The lowest BCUT2D eigenvalue weighted by Crippen LogP contribution is -2.08. The molecular weight excluding hydrogens is 462 g/mol. The summed E-state index contributed by atoms with van der Waals surface area (Å²) in [6.45, 7) is 0.520. The molecule has 1 N–H and O–H groups in total. The molecule has 9 heteroatoms. The number of phenols is 1. The van der Waals surface area contributed by atoms with Crippen molar-refractivity contribution in [3.63, 3.8) is 0 Å². The highest BCUT2D eigenvalue weighted by atomic mass is 127. The van der Waals surface area contributed by atoms with E-state index in [1.54, 1.807) is 0 Å². The SMILES string of the molecule is Oc1cc(Cl)c(OCCCOc2ccc(C(F)(F)F)cn2)c(I)c1. The predicted octanol–water partition coefficient (Wildman–Crippen LogP) is 4.91. The van der Waals surface area contributed by atoms with Crippen LogP contribution in [0.3, 0.4) is 0 Å². The summed E-state index contributed by atoms with van der Waals surface area (Å²) in [6, 6.07) is 4.98. The molecule has 2 aromatic rings. The minimum Gasteiger partial charge on any atom is -0.508 e. The highest BCUT2D eigenvalue weighted by Crippen LogP contribution is 2.34. The molecule has 0 radical (unpaired) electrons. The smallest absolute Gasteiger partial charge is 0.417 e. The van der Waals surface area contributed by atoms with Crippen molar-refractivity contribution < 1.29 is 27.8 Å². The van der Waals surface area contributed by atoms with Gasteiger partial charge in [-0.3, -0.25) is 0 Å². The molecule has 0 fully saturated rings. The molecule has 0 aliphatic heterocycles. The Bertz CT molecular complexity index is 672. The van der Waals surface area contributed by atoms with E-state index in [1.807, 2.05) is 22.6 Å². The molecule has 0 spiro atoms. The Morgan fingerprint density at radius 1 is 1.17 bits per heavy atom. The van der Waals surface area contributed by atoms with E-state index in [2.05, 4.69) is 4.98 Å². The van der Waals surface area contributed by atoms with Crippen molar-refractivity contribution in [3.05, 3.63) is 44.6 Å². The fraction of sp³-hybridized carbons (Fsp3) is 0.267.